The smallest absolute Gasteiger partial charge is 0.242 e. The van der Waals surface area contributed by atoms with Crippen molar-refractivity contribution in [3.8, 4) is 5.75 Å². The van der Waals surface area contributed by atoms with E-state index in [4.69, 9.17) is 4.74 Å². The number of carbonyl (C=O) groups is 1. The summed E-state index contributed by atoms with van der Waals surface area (Å²) in [5, 5.41) is 6.17. The molecule has 0 aliphatic heterocycles. The van der Waals surface area contributed by atoms with E-state index in [-0.39, 0.29) is 18.0 Å². The number of anilines is 1. The lowest BCUT2D eigenvalue weighted by Gasteiger charge is -2.19. The lowest BCUT2D eigenvalue weighted by atomic mass is 10.2. The predicted molar refractivity (Wildman–Crippen MR) is 78.6 cm³/mol. The summed E-state index contributed by atoms with van der Waals surface area (Å²) < 4.78 is 5.15. The molecule has 0 bridgehead atoms. The summed E-state index contributed by atoms with van der Waals surface area (Å²) in [6.45, 7) is 5.99. The second-order valence-corrected chi connectivity index (χ2v) is 4.80. The molecule has 0 aromatic heterocycles. The first-order chi connectivity index (χ1) is 9.06. The fourth-order valence-corrected chi connectivity index (χ4v) is 1.90. The summed E-state index contributed by atoms with van der Waals surface area (Å²) in [4.78, 5) is 12.0. The highest BCUT2D eigenvalue weighted by molar-refractivity contribution is 5.84. The van der Waals surface area contributed by atoms with Gasteiger partial charge in [-0.15, -0.1) is 0 Å². The zero-order valence-corrected chi connectivity index (χ0v) is 12.2. The molecule has 0 spiro atoms. The summed E-state index contributed by atoms with van der Waals surface area (Å²) in [6.07, 6.45) is 2.07. The minimum atomic E-state index is -0.272. The van der Waals surface area contributed by atoms with Gasteiger partial charge in [-0.05, 0) is 32.4 Å². The van der Waals surface area contributed by atoms with Gasteiger partial charge in [0.1, 0.15) is 11.8 Å². The molecular weight excluding hydrogens is 240 g/mol. The SMILES string of the molecule is CCCC(C)NC(=O)C(C)Nc1cccc(OC)c1. The van der Waals surface area contributed by atoms with Crippen LogP contribution in [0.2, 0.25) is 0 Å². The van der Waals surface area contributed by atoms with Crippen LogP contribution in [0.1, 0.15) is 33.6 Å². The fraction of sp³-hybridized carbons (Fsp3) is 0.533. The third-order valence-electron chi connectivity index (χ3n) is 2.96. The topological polar surface area (TPSA) is 50.4 Å². The summed E-state index contributed by atoms with van der Waals surface area (Å²) in [6, 6.07) is 7.50. The molecule has 2 N–H and O–H groups in total. The van der Waals surface area contributed by atoms with Gasteiger partial charge in [0, 0.05) is 17.8 Å². The maximum Gasteiger partial charge on any atom is 0.242 e. The van der Waals surface area contributed by atoms with Gasteiger partial charge in [-0.2, -0.15) is 0 Å². The molecule has 1 rings (SSSR count). The van der Waals surface area contributed by atoms with Crippen LogP contribution in [0.5, 0.6) is 5.75 Å². The average Bonchev–Trinajstić information content (AvgIpc) is 2.39. The molecule has 0 fully saturated rings. The Morgan fingerprint density at radius 2 is 2.11 bits per heavy atom. The van der Waals surface area contributed by atoms with Crippen molar-refractivity contribution < 1.29 is 9.53 Å². The normalized spacial score (nSPS) is 13.5. The van der Waals surface area contributed by atoms with Gasteiger partial charge in [0.15, 0.2) is 0 Å². The maximum atomic E-state index is 12.0. The summed E-state index contributed by atoms with van der Waals surface area (Å²) in [7, 11) is 1.63. The minimum Gasteiger partial charge on any atom is -0.497 e. The van der Waals surface area contributed by atoms with Crippen LogP contribution in [-0.2, 0) is 4.79 Å². The van der Waals surface area contributed by atoms with Crippen molar-refractivity contribution >= 4 is 11.6 Å². The van der Waals surface area contributed by atoms with Gasteiger partial charge in [0.25, 0.3) is 0 Å². The summed E-state index contributed by atoms with van der Waals surface area (Å²) in [5.41, 5.74) is 0.880. The molecule has 0 heterocycles. The second kappa shape index (κ2) is 7.67. The van der Waals surface area contributed by atoms with Crippen LogP contribution < -0.4 is 15.4 Å². The van der Waals surface area contributed by atoms with Crippen molar-refractivity contribution in [2.45, 2.75) is 45.7 Å². The van der Waals surface area contributed by atoms with Gasteiger partial charge in [-0.25, -0.2) is 0 Å². The third kappa shape index (κ3) is 5.20. The van der Waals surface area contributed by atoms with E-state index in [1.54, 1.807) is 7.11 Å². The Bertz CT molecular complexity index is 407. The third-order valence-corrected chi connectivity index (χ3v) is 2.96. The zero-order valence-electron chi connectivity index (χ0n) is 12.2. The number of hydrogen-bond donors (Lipinski definition) is 2. The molecule has 1 aromatic carbocycles. The monoisotopic (exact) mass is 264 g/mol. The molecular formula is C15H24N2O2. The number of nitrogens with one attached hydrogen (secondary N) is 2. The van der Waals surface area contributed by atoms with Crippen LogP contribution in [0, 0.1) is 0 Å². The highest BCUT2D eigenvalue weighted by atomic mass is 16.5. The van der Waals surface area contributed by atoms with Crippen LogP contribution in [0.25, 0.3) is 0 Å². The van der Waals surface area contributed by atoms with Gasteiger partial charge in [-0.3, -0.25) is 4.79 Å². The average molecular weight is 264 g/mol. The maximum absolute atomic E-state index is 12.0. The van der Waals surface area contributed by atoms with Crippen molar-refractivity contribution in [1.82, 2.24) is 5.32 Å². The van der Waals surface area contributed by atoms with E-state index in [2.05, 4.69) is 17.6 Å². The van der Waals surface area contributed by atoms with Gasteiger partial charge in [-0.1, -0.05) is 19.4 Å². The van der Waals surface area contributed by atoms with E-state index >= 15 is 0 Å². The molecule has 4 heteroatoms. The molecule has 0 aliphatic carbocycles. The molecule has 0 saturated heterocycles. The van der Waals surface area contributed by atoms with E-state index in [9.17, 15) is 4.79 Å². The van der Waals surface area contributed by atoms with E-state index in [1.807, 2.05) is 38.1 Å². The number of ether oxygens (including phenoxy) is 1. The number of rotatable bonds is 7. The lowest BCUT2D eigenvalue weighted by molar-refractivity contribution is -0.122. The molecule has 19 heavy (non-hydrogen) atoms. The Morgan fingerprint density at radius 3 is 2.74 bits per heavy atom. The van der Waals surface area contributed by atoms with Crippen molar-refractivity contribution in [3.05, 3.63) is 24.3 Å². The Balaban J connectivity index is 2.53. The predicted octanol–water partition coefficient (Wildman–Crippen LogP) is 2.80. The Kier molecular flexibility index (Phi) is 6.19. The first kappa shape index (κ1) is 15.3. The van der Waals surface area contributed by atoms with Gasteiger partial charge in [0.2, 0.25) is 5.91 Å². The fourth-order valence-electron chi connectivity index (χ4n) is 1.90. The molecule has 1 aromatic rings. The number of methoxy groups -OCH3 is 1. The molecule has 2 atom stereocenters. The van der Waals surface area contributed by atoms with E-state index in [0.717, 1.165) is 24.3 Å². The lowest BCUT2D eigenvalue weighted by Crippen LogP contribution is -2.42. The van der Waals surface area contributed by atoms with Crippen LogP contribution in [-0.4, -0.2) is 25.1 Å². The highest BCUT2D eigenvalue weighted by Gasteiger charge is 2.14. The molecule has 106 valence electrons. The Morgan fingerprint density at radius 1 is 1.37 bits per heavy atom. The quantitative estimate of drug-likeness (QED) is 0.796. The summed E-state index contributed by atoms with van der Waals surface area (Å²) >= 11 is 0. The number of amides is 1. The van der Waals surface area contributed by atoms with Crippen molar-refractivity contribution in [2.75, 3.05) is 12.4 Å². The van der Waals surface area contributed by atoms with Gasteiger partial charge < -0.3 is 15.4 Å². The molecule has 2 unspecified atom stereocenters. The Labute approximate surface area is 115 Å². The Hall–Kier alpha value is -1.71. The number of hydrogen-bond acceptors (Lipinski definition) is 3. The standard InChI is InChI=1S/C15H24N2O2/c1-5-7-11(2)16-15(18)12(3)17-13-8-6-9-14(10-13)19-4/h6,8-12,17H,5,7H2,1-4H3,(H,16,18). The van der Waals surface area contributed by atoms with Crippen molar-refractivity contribution in [1.29, 1.82) is 0 Å². The molecule has 0 aliphatic rings. The molecule has 0 saturated carbocycles. The van der Waals surface area contributed by atoms with E-state index in [1.165, 1.54) is 0 Å². The van der Waals surface area contributed by atoms with Gasteiger partial charge in [0.05, 0.1) is 7.11 Å². The molecule has 1 amide bonds. The summed E-state index contributed by atoms with van der Waals surface area (Å²) in [5.74, 6) is 0.792. The van der Waals surface area contributed by atoms with Crippen LogP contribution in [0.4, 0.5) is 5.69 Å². The van der Waals surface area contributed by atoms with Crippen LogP contribution in [0.3, 0.4) is 0 Å². The zero-order chi connectivity index (χ0) is 14.3. The largest absolute Gasteiger partial charge is 0.497 e. The van der Waals surface area contributed by atoms with E-state index < -0.39 is 0 Å². The van der Waals surface area contributed by atoms with Crippen molar-refractivity contribution in [3.63, 3.8) is 0 Å². The minimum absolute atomic E-state index is 0.0174. The van der Waals surface area contributed by atoms with Crippen LogP contribution >= 0.6 is 0 Å². The number of carbonyl (C=O) groups excluding carboxylic acids is 1. The van der Waals surface area contributed by atoms with Gasteiger partial charge >= 0.3 is 0 Å². The van der Waals surface area contributed by atoms with Crippen molar-refractivity contribution in [2.24, 2.45) is 0 Å². The highest BCUT2D eigenvalue weighted by Crippen LogP contribution is 2.17. The first-order valence-electron chi connectivity index (χ1n) is 6.77. The number of benzene rings is 1. The first-order valence-corrected chi connectivity index (χ1v) is 6.77. The van der Waals surface area contributed by atoms with E-state index in [0.29, 0.717) is 0 Å². The molecule has 4 nitrogen and oxygen atoms in total. The second-order valence-electron chi connectivity index (χ2n) is 4.80. The molecule has 0 radical (unpaired) electrons. The van der Waals surface area contributed by atoms with Crippen LogP contribution in [0.15, 0.2) is 24.3 Å².